The van der Waals surface area contributed by atoms with Crippen LogP contribution in [0.2, 0.25) is 5.02 Å². The Morgan fingerprint density at radius 2 is 2.00 bits per heavy atom. The molecule has 1 amide bonds. The van der Waals surface area contributed by atoms with Crippen molar-refractivity contribution in [3.63, 3.8) is 0 Å². The summed E-state index contributed by atoms with van der Waals surface area (Å²) in [6.07, 6.45) is 0. The monoisotopic (exact) mass is 361 g/mol. The van der Waals surface area contributed by atoms with E-state index in [9.17, 15) is 4.79 Å². The van der Waals surface area contributed by atoms with Gasteiger partial charge in [-0.2, -0.15) is 11.8 Å². The topological polar surface area (TPSA) is 29.5 Å². The number of rotatable bonds is 4. The van der Waals surface area contributed by atoms with Crippen LogP contribution in [0.5, 0.6) is 5.75 Å². The minimum absolute atomic E-state index is 0.0499. The van der Waals surface area contributed by atoms with Gasteiger partial charge in [0.1, 0.15) is 12.4 Å². The van der Waals surface area contributed by atoms with Gasteiger partial charge in [-0.25, -0.2) is 0 Å². The molecule has 3 nitrogen and oxygen atoms in total. The number of nitrogens with zero attached hydrogens (tertiary/aromatic N) is 1. The van der Waals surface area contributed by atoms with Crippen LogP contribution in [0.3, 0.4) is 0 Å². The third-order valence-corrected chi connectivity index (χ3v) is 5.34. The summed E-state index contributed by atoms with van der Waals surface area (Å²) in [6, 6.07) is 15.0. The molecule has 2 aromatic rings. The summed E-state index contributed by atoms with van der Waals surface area (Å²) in [4.78, 5) is 14.8. The minimum atomic E-state index is 0.0499. The Hall–Kier alpha value is -1.65. The number of thioether (sulfide) groups is 1. The molecule has 1 heterocycles. The van der Waals surface area contributed by atoms with E-state index in [-0.39, 0.29) is 5.91 Å². The highest BCUT2D eigenvalue weighted by Crippen LogP contribution is 2.25. The standard InChI is InChI=1S/C19H20ClNO2S/c1-14-12-21(10-11-24-14)19(22)17-4-2-3-5-18(17)23-13-15-6-8-16(20)9-7-15/h2-9,14H,10-13H2,1H3. The highest BCUT2D eigenvalue weighted by Gasteiger charge is 2.24. The Bertz CT molecular complexity index is 705. The van der Waals surface area contributed by atoms with E-state index in [4.69, 9.17) is 16.3 Å². The summed E-state index contributed by atoms with van der Waals surface area (Å²) in [5.74, 6) is 1.66. The predicted molar refractivity (Wildman–Crippen MR) is 100 cm³/mol. The molecule has 1 saturated heterocycles. The Morgan fingerprint density at radius 1 is 1.25 bits per heavy atom. The molecule has 1 fully saturated rings. The van der Waals surface area contributed by atoms with Gasteiger partial charge in [0.2, 0.25) is 0 Å². The van der Waals surface area contributed by atoms with E-state index in [1.165, 1.54) is 0 Å². The van der Waals surface area contributed by atoms with Crippen LogP contribution in [0.15, 0.2) is 48.5 Å². The normalized spacial score (nSPS) is 17.6. The van der Waals surface area contributed by atoms with Crippen molar-refractivity contribution in [2.24, 2.45) is 0 Å². The third-order valence-electron chi connectivity index (χ3n) is 3.95. The maximum atomic E-state index is 12.8. The molecule has 0 radical (unpaired) electrons. The zero-order valence-corrected chi connectivity index (χ0v) is 15.1. The van der Waals surface area contributed by atoms with Crippen molar-refractivity contribution in [1.82, 2.24) is 4.90 Å². The van der Waals surface area contributed by atoms with Gasteiger partial charge in [0.25, 0.3) is 5.91 Å². The number of ether oxygens (including phenoxy) is 1. The van der Waals surface area contributed by atoms with Gasteiger partial charge in [0, 0.05) is 29.1 Å². The maximum absolute atomic E-state index is 12.8. The number of amides is 1. The molecular weight excluding hydrogens is 342 g/mol. The third kappa shape index (κ3) is 4.25. The van der Waals surface area contributed by atoms with Crippen molar-refractivity contribution < 1.29 is 9.53 Å². The number of carbonyl (C=O) groups excluding carboxylic acids is 1. The van der Waals surface area contributed by atoms with Crippen molar-refractivity contribution >= 4 is 29.3 Å². The zero-order valence-electron chi connectivity index (χ0n) is 13.6. The molecule has 0 aromatic heterocycles. The number of halogens is 1. The van der Waals surface area contributed by atoms with E-state index in [2.05, 4.69) is 6.92 Å². The van der Waals surface area contributed by atoms with E-state index in [1.54, 1.807) is 0 Å². The fourth-order valence-electron chi connectivity index (χ4n) is 2.68. The Kier molecular flexibility index (Phi) is 5.69. The van der Waals surface area contributed by atoms with Gasteiger partial charge in [0.15, 0.2) is 0 Å². The van der Waals surface area contributed by atoms with Crippen LogP contribution in [0.1, 0.15) is 22.8 Å². The largest absolute Gasteiger partial charge is 0.488 e. The van der Waals surface area contributed by atoms with Crippen LogP contribution < -0.4 is 4.74 Å². The predicted octanol–water partition coefficient (Wildman–Crippen LogP) is 4.50. The number of para-hydroxylation sites is 1. The van der Waals surface area contributed by atoms with E-state index in [1.807, 2.05) is 65.2 Å². The second-order valence-corrected chi connectivity index (χ2v) is 7.83. The van der Waals surface area contributed by atoms with Crippen molar-refractivity contribution in [1.29, 1.82) is 0 Å². The molecule has 0 spiro atoms. The number of carbonyl (C=O) groups is 1. The number of hydrogen-bond donors (Lipinski definition) is 0. The first-order valence-electron chi connectivity index (χ1n) is 8.00. The molecule has 1 aliphatic rings. The minimum Gasteiger partial charge on any atom is -0.488 e. The molecule has 2 aromatic carbocycles. The molecule has 5 heteroatoms. The maximum Gasteiger partial charge on any atom is 0.257 e. The molecule has 1 unspecified atom stereocenters. The number of benzene rings is 2. The van der Waals surface area contributed by atoms with Gasteiger partial charge in [-0.05, 0) is 29.8 Å². The summed E-state index contributed by atoms with van der Waals surface area (Å²) in [6.45, 7) is 4.15. The lowest BCUT2D eigenvalue weighted by Crippen LogP contribution is -2.41. The van der Waals surface area contributed by atoms with E-state index in [0.29, 0.717) is 28.2 Å². The first-order valence-corrected chi connectivity index (χ1v) is 9.43. The molecule has 0 aliphatic carbocycles. The summed E-state index contributed by atoms with van der Waals surface area (Å²) in [5, 5.41) is 1.18. The molecule has 1 atom stereocenters. The molecule has 0 N–H and O–H groups in total. The molecular formula is C19H20ClNO2S. The second-order valence-electron chi connectivity index (χ2n) is 5.84. The van der Waals surface area contributed by atoms with Gasteiger partial charge in [-0.3, -0.25) is 4.79 Å². The van der Waals surface area contributed by atoms with Gasteiger partial charge >= 0.3 is 0 Å². The Labute approximate surface area is 151 Å². The van der Waals surface area contributed by atoms with Crippen LogP contribution in [0, 0.1) is 0 Å². The first kappa shape index (κ1) is 17.2. The summed E-state index contributed by atoms with van der Waals surface area (Å²) in [7, 11) is 0. The Balaban J connectivity index is 1.72. The molecule has 1 aliphatic heterocycles. The fraction of sp³-hybridized carbons (Fsp3) is 0.316. The van der Waals surface area contributed by atoms with Crippen LogP contribution in [0.4, 0.5) is 0 Å². The lowest BCUT2D eigenvalue weighted by atomic mass is 10.1. The van der Waals surface area contributed by atoms with E-state index in [0.717, 1.165) is 24.4 Å². The molecule has 126 valence electrons. The summed E-state index contributed by atoms with van der Waals surface area (Å²) >= 11 is 7.81. The zero-order chi connectivity index (χ0) is 16.9. The van der Waals surface area contributed by atoms with Gasteiger partial charge in [-0.1, -0.05) is 42.8 Å². The molecule has 0 bridgehead atoms. The van der Waals surface area contributed by atoms with E-state index < -0.39 is 0 Å². The molecule has 0 saturated carbocycles. The number of hydrogen-bond acceptors (Lipinski definition) is 3. The van der Waals surface area contributed by atoms with Gasteiger partial charge < -0.3 is 9.64 Å². The lowest BCUT2D eigenvalue weighted by molar-refractivity contribution is 0.0758. The summed E-state index contributed by atoms with van der Waals surface area (Å²) < 4.78 is 5.91. The van der Waals surface area contributed by atoms with Crippen LogP contribution in [-0.2, 0) is 6.61 Å². The van der Waals surface area contributed by atoms with Gasteiger partial charge in [-0.15, -0.1) is 0 Å². The SMILES string of the molecule is CC1CN(C(=O)c2ccccc2OCc2ccc(Cl)cc2)CCS1. The van der Waals surface area contributed by atoms with Crippen molar-refractivity contribution in [3.8, 4) is 5.75 Å². The van der Waals surface area contributed by atoms with Crippen molar-refractivity contribution in [2.45, 2.75) is 18.8 Å². The van der Waals surface area contributed by atoms with E-state index >= 15 is 0 Å². The van der Waals surface area contributed by atoms with Gasteiger partial charge in [0.05, 0.1) is 5.56 Å². The highest BCUT2D eigenvalue weighted by molar-refractivity contribution is 7.99. The average Bonchev–Trinajstić information content (AvgIpc) is 2.61. The Morgan fingerprint density at radius 3 is 2.75 bits per heavy atom. The average molecular weight is 362 g/mol. The van der Waals surface area contributed by atoms with Crippen LogP contribution in [0.25, 0.3) is 0 Å². The quantitative estimate of drug-likeness (QED) is 0.803. The smallest absolute Gasteiger partial charge is 0.257 e. The summed E-state index contributed by atoms with van der Waals surface area (Å²) in [5.41, 5.74) is 1.65. The second kappa shape index (κ2) is 7.95. The van der Waals surface area contributed by atoms with Crippen molar-refractivity contribution in [3.05, 3.63) is 64.7 Å². The van der Waals surface area contributed by atoms with Crippen molar-refractivity contribution in [2.75, 3.05) is 18.8 Å². The molecule has 24 heavy (non-hydrogen) atoms. The molecule has 3 rings (SSSR count). The van der Waals surface area contributed by atoms with Crippen LogP contribution in [-0.4, -0.2) is 34.9 Å². The first-order chi connectivity index (χ1) is 11.6. The highest BCUT2D eigenvalue weighted by atomic mass is 35.5. The van der Waals surface area contributed by atoms with Crippen LogP contribution >= 0.6 is 23.4 Å². The fourth-order valence-corrected chi connectivity index (χ4v) is 3.82. The lowest BCUT2D eigenvalue weighted by Gasteiger charge is -2.31.